The molecule has 4 rings (SSSR count). The van der Waals surface area contributed by atoms with Crippen LogP contribution in [-0.2, 0) is 32.0 Å². The number of hydrogen-bond donors (Lipinski definition) is 4. The summed E-state index contributed by atoms with van der Waals surface area (Å²) in [5, 5.41) is 37.4. The van der Waals surface area contributed by atoms with E-state index in [4.69, 9.17) is 9.63 Å². The van der Waals surface area contributed by atoms with E-state index in [0.29, 0.717) is 16.5 Å². The van der Waals surface area contributed by atoms with E-state index in [-0.39, 0.29) is 29.1 Å². The number of aromatic nitrogens is 6. The van der Waals surface area contributed by atoms with Gasteiger partial charge in [0.1, 0.15) is 30.0 Å². The van der Waals surface area contributed by atoms with Crippen LogP contribution < -0.4 is 5.32 Å². The van der Waals surface area contributed by atoms with Crippen LogP contribution in [-0.4, -0.2) is 92.0 Å². The number of carbonyl (C=O) groups excluding carboxylic acids is 2. The van der Waals surface area contributed by atoms with Crippen molar-refractivity contribution in [1.82, 2.24) is 41.0 Å². The third kappa shape index (κ3) is 4.68. The predicted octanol–water partition coefficient (Wildman–Crippen LogP) is -1.33. The summed E-state index contributed by atoms with van der Waals surface area (Å²) in [5.74, 6) is -3.36. The highest BCUT2D eigenvalue weighted by Gasteiger charge is 2.54. The zero-order valence-electron chi connectivity index (χ0n) is 16.8. The predicted molar refractivity (Wildman–Crippen MR) is 109 cm³/mol. The summed E-state index contributed by atoms with van der Waals surface area (Å²) in [7, 11) is 0. The van der Waals surface area contributed by atoms with Crippen LogP contribution in [0.5, 0.6) is 0 Å². The lowest BCUT2D eigenvalue weighted by atomic mass is 10.0. The van der Waals surface area contributed by atoms with Crippen molar-refractivity contribution < 1.29 is 33.9 Å². The molecule has 33 heavy (non-hydrogen) atoms. The summed E-state index contributed by atoms with van der Waals surface area (Å²) in [4.78, 5) is 52.7. The van der Waals surface area contributed by atoms with Gasteiger partial charge in [0.25, 0.3) is 5.91 Å². The topological polar surface area (TPSA) is 217 Å². The number of hydrogen-bond acceptors (Lipinski definition) is 12. The Morgan fingerprint density at radius 3 is 2.82 bits per heavy atom. The second-order valence-corrected chi connectivity index (χ2v) is 9.39. The molecule has 0 radical (unpaired) electrons. The number of nitrogens with one attached hydrogen (secondary N) is 2. The van der Waals surface area contributed by atoms with E-state index in [2.05, 4.69) is 36.1 Å². The highest BCUT2D eigenvalue weighted by molar-refractivity contribution is 8.01. The molecule has 17 heteroatoms. The standard InChI is InChI=1S/C16H16N8O7S2/c1-5(33-16-19-22-23-20-16)6-4-32-14-11(13(28)24(14)12(6)15(29)30)18-8(25)3-9-17-7(21-31-9)2-10(26)27/h5,11,14H,2-4H2,1H3,(H,18,25)(H,26,27)(H,29,30)(H,19,20,22,23)/t5?,11?,14-/m0/s1. The summed E-state index contributed by atoms with van der Waals surface area (Å²) in [6.07, 6.45) is -0.796. The van der Waals surface area contributed by atoms with Gasteiger partial charge in [-0.3, -0.25) is 19.3 Å². The summed E-state index contributed by atoms with van der Waals surface area (Å²) in [6.45, 7) is 1.79. The van der Waals surface area contributed by atoms with Crippen LogP contribution in [0.3, 0.4) is 0 Å². The highest BCUT2D eigenvalue weighted by atomic mass is 32.2. The third-order valence-corrected chi connectivity index (χ3v) is 7.09. The lowest BCUT2D eigenvalue weighted by molar-refractivity contribution is -0.150. The first-order valence-corrected chi connectivity index (χ1v) is 11.3. The largest absolute Gasteiger partial charge is 0.481 e. The fraction of sp³-hybridized carbons (Fsp3) is 0.438. The molecular formula is C16H16N8O7S2. The summed E-state index contributed by atoms with van der Waals surface area (Å²) in [6, 6.07) is -0.916. The van der Waals surface area contributed by atoms with Gasteiger partial charge in [0, 0.05) is 11.0 Å². The van der Waals surface area contributed by atoms with Crippen molar-refractivity contribution in [1.29, 1.82) is 0 Å². The maximum absolute atomic E-state index is 12.7. The van der Waals surface area contributed by atoms with E-state index in [9.17, 15) is 24.3 Å². The van der Waals surface area contributed by atoms with Crippen molar-refractivity contribution in [3.63, 3.8) is 0 Å². The van der Waals surface area contributed by atoms with Crippen LogP contribution in [0.25, 0.3) is 0 Å². The quantitative estimate of drug-likeness (QED) is 0.234. The minimum atomic E-state index is -1.24. The zero-order chi connectivity index (χ0) is 23.7. The number of nitrogens with zero attached hydrogens (tertiary/aromatic N) is 6. The van der Waals surface area contributed by atoms with Gasteiger partial charge in [0.2, 0.25) is 17.0 Å². The van der Waals surface area contributed by atoms with Crippen molar-refractivity contribution in [3.05, 3.63) is 23.0 Å². The molecule has 4 N–H and O–H groups in total. The van der Waals surface area contributed by atoms with Crippen molar-refractivity contribution in [2.45, 2.75) is 41.6 Å². The van der Waals surface area contributed by atoms with Gasteiger partial charge in [0.15, 0.2) is 5.82 Å². The normalized spacial score (nSPS) is 20.8. The number of thioether (sulfide) groups is 2. The van der Waals surface area contributed by atoms with E-state index >= 15 is 0 Å². The average molecular weight is 496 g/mol. The average Bonchev–Trinajstić information content (AvgIpc) is 3.42. The Morgan fingerprint density at radius 2 is 2.15 bits per heavy atom. The molecular weight excluding hydrogens is 480 g/mol. The van der Waals surface area contributed by atoms with Crippen molar-refractivity contribution in [2.24, 2.45) is 0 Å². The van der Waals surface area contributed by atoms with Crippen LogP contribution in [0.1, 0.15) is 18.6 Å². The number of carbonyl (C=O) groups is 4. The van der Waals surface area contributed by atoms with Crippen LogP contribution in [0.15, 0.2) is 20.9 Å². The first kappa shape index (κ1) is 22.7. The number of amides is 2. The number of carboxylic acids is 2. The molecule has 1 saturated heterocycles. The zero-order valence-corrected chi connectivity index (χ0v) is 18.4. The Bertz CT molecular complexity index is 1130. The molecule has 0 aromatic carbocycles. The molecule has 2 amide bonds. The number of fused-ring (bicyclic) bond motifs is 1. The fourth-order valence-electron chi connectivity index (χ4n) is 3.32. The van der Waals surface area contributed by atoms with Gasteiger partial charge in [-0.2, -0.15) is 4.98 Å². The minimum Gasteiger partial charge on any atom is -0.481 e. The first-order chi connectivity index (χ1) is 15.7. The monoisotopic (exact) mass is 496 g/mol. The van der Waals surface area contributed by atoms with E-state index in [1.54, 1.807) is 6.92 Å². The van der Waals surface area contributed by atoms with Crippen LogP contribution in [0.2, 0.25) is 0 Å². The van der Waals surface area contributed by atoms with E-state index < -0.39 is 41.6 Å². The molecule has 0 saturated carbocycles. The lowest BCUT2D eigenvalue weighted by Crippen LogP contribution is -2.70. The molecule has 1 fully saturated rings. The van der Waals surface area contributed by atoms with Crippen LogP contribution in [0, 0.1) is 0 Å². The number of H-pyrrole nitrogens is 1. The molecule has 3 atom stereocenters. The molecule has 2 aromatic rings. The Morgan fingerprint density at radius 1 is 1.36 bits per heavy atom. The molecule has 4 heterocycles. The summed E-state index contributed by atoms with van der Waals surface area (Å²) in [5.41, 5.74) is 0.428. The first-order valence-electron chi connectivity index (χ1n) is 9.38. The van der Waals surface area contributed by atoms with Gasteiger partial charge < -0.3 is 20.1 Å². The second kappa shape index (κ2) is 9.18. The Balaban J connectivity index is 1.42. The van der Waals surface area contributed by atoms with Gasteiger partial charge in [-0.1, -0.05) is 16.9 Å². The molecule has 0 aliphatic carbocycles. The van der Waals surface area contributed by atoms with Gasteiger partial charge in [-0.15, -0.1) is 16.9 Å². The maximum Gasteiger partial charge on any atom is 0.352 e. The van der Waals surface area contributed by atoms with Crippen molar-refractivity contribution >= 4 is 47.3 Å². The molecule has 2 aromatic heterocycles. The third-order valence-electron chi connectivity index (χ3n) is 4.75. The number of carboxylic acid groups (broad SMARTS) is 2. The van der Waals surface area contributed by atoms with Crippen LogP contribution in [0.4, 0.5) is 0 Å². The molecule has 174 valence electrons. The number of tetrazole rings is 1. The van der Waals surface area contributed by atoms with Gasteiger partial charge in [-0.25, -0.2) is 9.89 Å². The smallest absolute Gasteiger partial charge is 0.352 e. The molecule has 0 bridgehead atoms. The Labute approximate surface area is 192 Å². The molecule has 2 aliphatic heterocycles. The lowest BCUT2D eigenvalue weighted by Gasteiger charge is -2.50. The van der Waals surface area contributed by atoms with Crippen molar-refractivity contribution in [2.75, 3.05) is 5.75 Å². The number of aromatic amines is 1. The van der Waals surface area contributed by atoms with Gasteiger partial charge in [0.05, 0.1) is 0 Å². The van der Waals surface area contributed by atoms with Crippen LogP contribution >= 0.6 is 23.5 Å². The van der Waals surface area contributed by atoms with Crippen molar-refractivity contribution in [3.8, 4) is 0 Å². The number of aliphatic carboxylic acids is 2. The molecule has 0 spiro atoms. The number of rotatable bonds is 9. The SMILES string of the molecule is CC(Sc1nnn[nH]1)C1=C(C(=O)O)N2C(=O)C(NC(=O)Cc3nc(CC(=O)O)no3)[C@@H]2SC1. The summed E-state index contributed by atoms with van der Waals surface area (Å²) >= 11 is 2.56. The Kier molecular flexibility index (Phi) is 6.32. The van der Waals surface area contributed by atoms with Gasteiger partial charge >= 0.3 is 11.9 Å². The Hall–Kier alpha value is -3.47. The fourth-order valence-corrected chi connectivity index (χ4v) is 5.75. The van der Waals surface area contributed by atoms with Gasteiger partial charge in [-0.05, 0) is 22.9 Å². The summed E-state index contributed by atoms with van der Waals surface area (Å²) < 4.78 is 4.84. The van der Waals surface area contributed by atoms with E-state index in [1.165, 1.54) is 28.4 Å². The van der Waals surface area contributed by atoms with E-state index in [1.807, 2.05) is 0 Å². The maximum atomic E-state index is 12.7. The second-order valence-electron chi connectivity index (χ2n) is 6.95. The number of β-lactam (4-membered cyclic amide) rings is 1. The molecule has 15 nitrogen and oxygen atoms in total. The molecule has 2 aliphatic rings. The van der Waals surface area contributed by atoms with E-state index in [0.717, 1.165) is 0 Å². The minimum absolute atomic E-state index is 0.0732. The highest BCUT2D eigenvalue weighted by Crippen LogP contribution is 2.43. The molecule has 2 unspecified atom stereocenters.